The fraction of sp³-hybridized carbons (Fsp3) is 0.412. The topological polar surface area (TPSA) is 110 Å². The number of furan rings is 1. The summed E-state index contributed by atoms with van der Waals surface area (Å²) in [6.45, 7) is 8.40. The zero-order valence-electron chi connectivity index (χ0n) is 25.8. The number of hydrogen-bond donors (Lipinski definition) is 1. The zero-order chi connectivity index (χ0) is 31.0. The minimum atomic E-state index is -1.17. The lowest BCUT2D eigenvalue weighted by Gasteiger charge is -2.29. The van der Waals surface area contributed by atoms with Crippen molar-refractivity contribution in [3.05, 3.63) is 87.8 Å². The summed E-state index contributed by atoms with van der Waals surface area (Å²) >= 11 is 0. The van der Waals surface area contributed by atoms with Gasteiger partial charge in [-0.2, -0.15) is 0 Å². The third-order valence-electron chi connectivity index (χ3n) is 8.59. The number of rotatable bonds is 11. The molecule has 1 fully saturated rings. The minimum Gasteiger partial charge on any atom is -0.461 e. The molecule has 0 saturated heterocycles. The maximum atomic E-state index is 13.7. The number of pyridine rings is 2. The predicted molar refractivity (Wildman–Crippen MR) is 168 cm³/mol. The highest BCUT2D eigenvalue weighted by Gasteiger charge is 2.44. The third-order valence-corrected chi connectivity index (χ3v) is 8.59. The highest BCUT2D eigenvalue weighted by molar-refractivity contribution is 6.19. The molecule has 0 bridgehead atoms. The van der Waals surface area contributed by atoms with Crippen LogP contribution in [0.3, 0.4) is 0 Å². The van der Waals surface area contributed by atoms with E-state index in [1.165, 1.54) is 0 Å². The molecule has 230 valence electrons. The fourth-order valence-corrected chi connectivity index (χ4v) is 5.79. The fourth-order valence-electron chi connectivity index (χ4n) is 5.79. The van der Waals surface area contributed by atoms with E-state index in [2.05, 4.69) is 15.2 Å². The van der Waals surface area contributed by atoms with Gasteiger partial charge in [0, 0.05) is 52.2 Å². The largest absolute Gasteiger partial charge is 0.461 e. The first-order chi connectivity index (χ1) is 21.1. The number of aromatic nitrogens is 2. The van der Waals surface area contributed by atoms with E-state index in [4.69, 9.17) is 9.15 Å². The number of amides is 2. The number of carbonyl (C=O) groups is 2. The van der Waals surface area contributed by atoms with Crippen LogP contribution in [0.1, 0.15) is 49.3 Å². The van der Waals surface area contributed by atoms with Crippen molar-refractivity contribution in [2.45, 2.75) is 59.9 Å². The average Bonchev–Trinajstić information content (AvgIpc) is 3.75. The standard InChI is InChI=1S/C34H39N5O5/c1-22-16-26-30(44-22)11-13-38(31(26)40)15-14-37(20-25-6-5-12-35-28(25)21-43-4)18-24-9-10-27-29(17-24)39(19-23-7-8-23)33(42)34(2,3)32(41)36-27/h5-6,9-13,16-17,23H,7-8,14-15,18-21H2,1-4H3,(H,36,41). The highest BCUT2D eigenvalue weighted by Crippen LogP contribution is 2.40. The molecule has 2 aliphatic rings. The Balaban J connectivity index is 1.31. The second-order valence-electron chi connectivity index (χ2n) is 12.5. The molecular weight excluding hydrogens is 558 g/mol. The van der Waals surface area contributed by atoms with Crippen molar-refractivity contribution in [3.63, 3.8) is 0 Å². The van der Waals surface area contributed by atoms with Crippen LogP contribution in [-0.2, 0) is 40.6 Å². The molecule has 10 heteroatoms. The van der Waals surface area contributed by atoms with E-state index in [0.717, 1.165) is 35.3 Å². The lowest BCUT2D eigenvalue weighted by molar-refractivity contribution is -0.136. The van der Waals surface area contributed by atoms with E-state index in [0.29, 0.717) is 67.7 Å². The maximum absolute atomic E-state index is 13.7. The summed E-state index contributed by atoms with van der Waals surface area (Å²) < 4.78 is 12.8. The number of ether oxygens (including phenoxy) is 1. The Kier molecular flexibility index (Phi) is 8.13. The summed E-state index contributed by atoms with van der Waals surface area (Å²) in [6, 6.07) is 13.5. The number of hydrogen-bond acceptors (Lipinski definition) is 7. The van der Waals surface area contributed by atoms with Gasteiger partial charge < -0.3 is 23.9 Å². The van der Waals surface area contributed by atoms with E-state index in [9.17, 15) is 14.4 Å². The van der Waals surface area contributed by atoms with Crippen molar-refractivity contribution in [1.82, 2.24) is 14.5 Å². The number of benzene rings is 1. The van der Waals surface area contributed by atoms with E-state index < -0.39 is 5.41 Å². The molecule has 2 amide bonds. The van der Waals surface area contributed by atoms with Gasteiger partial charge in [-0.05, 0) is 81.0 Å². The molecule has 1 aromatic carbocycles. The van der Waals surface area contributed by atoms with Crippen LogP contribution in [0.25, 0.3) is 11.0 Å². The van der Waals surface area contributed by atoms with Gasteiger partial charge in [0.05, 0.1) is 29.1 Å². The Hall–Kier alpha value is -4.28. The SMILES string of the molecule is COCc1ncccc1CN(CCn1ccc2oc(C)cc2c1=O)Cc1ccc2c(c1)N(CC1CC1)C(=O)C(C)(C)C(=O)N2. The number of anilines is 2. The van der Waals surface area contributed by atoms with Gasteiger partial charge >= 0.3 is 0 Å². The van der Waals surface area contributed by atoms with Crippen LogP contribution in [0.2, 0.25) is 0 Å². The molecule has 0 radical (unpaired) electrons. The van der Waals surface area contributed by atoms with Crippen LogP contribution in [0, 0.1) is 18.3 Å². The van der Waals surface area contributed by atoms with Gasteiger partial charge in [-0.25, -0.2) is 0 Å². The smallest absolute Gasteiger partial charge is 0.261 e. The Morgan fingerprint density at radius 1 is 1.11 bits per heavy atom. The minimum absolute atomic E-state index is 0.0848. The van der Waals surface area contributed by atoms with Crippen LogP contribution < -0.4 is 15.8 Å². The second-order valence-corrected chi connectivity index (χ2v) is 12.5. The van der Waals surface area contributed by atoms with Gasteiger partial charge in [0.25, 0.3) is 5.56 Å². The molecule has 1 saturated carbocycles. The Bertz CT molecular complexity index is 1770. The van der Waals surface area contributed by atoms with Gasteiger partial charge in [0.2, 0.25) is 11.8 Å². The van der Waals surface area contributed by atoms with Crippen LogP contribution >= 0.6 is 0 Å². The van der Waals surface area contributed by atoms with Gasteiger partial charge in [-0.1, -0.05) is 12.1 Å². The van der Waals surface area contributed by atoms with Crippen molar-refractivity contribution < 1.29 is 18.7 Å². The highest BCUT2D eigenvalue weighted by atomic mass is 16.5. The molecule has 0 unspecified atom stereocenters. The van der Waals surface area contributed by atoms with E-state index in [1.54, 1.807) is 48.9 Å². The van der Waals surface area contributed by atoms with Crippen molar-refractivity contribution in [3.8, 4) is 0 Å². The monoisotopic (exact) mass is 597 g/mol. The number of aryl methyl sites for hydroxylation is 1. The van der Waals surface area contributed by atoms with Crippen LogP contribution in [-0.4, -0.2) is 46.5 Å². The molecule has 4 aromatic rings. The molecule has 44 heavy (non-hydrogen) atoms. The average molecular weight is 598 g/mol. The first-order valence-electron chi connectivity index (χ1n) is 15.1. The van der Waals surface area contributed by atoms with Crippen molar-refractivity contribution in [2.24, 2.45) is 11.3 Å². The van der Waals surface area contributed by atoms with E-state index in [-0.39, 0.29) is 17.4 Å². The predicted octanol–water partition coefficient (Wildman–Crippen LogP) is 4.87. The number of methoxy groups -OCH3 is 1. The lowest BCUT2D eigenvalue weighted by atomic mass is 9.90. The van der Waals surface area contributed by atoms with Crippen LogP contribution in [0.5, 0.6) is 0 Å². The van der Waals surface area contributed by atoms with E-state index in [1.807, 2.05) is 43.3 Å². The number of carbonyl (C=O) groups excluding carboxylic acids is 2. The van der Waals surface area contributed by atoms with E-state index >= 15 is 0 Å². The molecule has 10 nitrogen and oxygen atoms in total. The summed E-state index contributed by atoms with van der Waals surface area (Å²) in [4.78, 5) is 48.5. The molecule has 0 atom stereocenters. The second kappa shape index (κ2) is 12.0. The van der Waals surface area contributed by atoms with Gasteiger partial charge in [0.1, 0.15) is 16.8 Å². The third kappa shape index (κ3) is 6.05. The molecule has 1 aliphatic carbocycles. The number of nitrogens with one attached hydrogen (secondary N) is 1. The quantitative estimate of drug-likeness (QED) is 0.246. The lowest BCUT2D eigenvalue weighted by Crippen LogP contribution is -2.45. The van der Waals surface area contributed by atoms with Gasteiger partial charge in [0.15, 0.2) is 0 Å². The number of nitrogens with zero attached hydrogens (tertiary/aromatic N) is 4. The Morgan fingerprint density at radius 2 is 1.93 bits per heavy atom. The van der Waals surface area contributed by atoms with Crippen LogP contribution in [0.15, 0.2) is 64.1 Å². The summed E-state index contributed by atoms with van der Waals surface area (Å²) in [7, 11) is 1.65. The summed E-state index contributed by atoms with van der Waals surface area (Å²) in [6.07, 6.45) is 5.72. The molecule has 1 N–H and O–H groups in total. The molecule has 1 aliphatic heterocycles. The molecule has 6 rings (SSSR count). The normalized spacial score (nSPS) is 16.3. The Morgan fingerprint density at radius 3 is 2.70 bits per heavy atom. The first-order valence-corrected chi connectivity index (χ1v) is 15.1. The van der Waals surface area contributed by atoms with Crippen LogP contribution in [0.4, 0.5) is 11.4 Å². The van der Waals surface area contributed by atoms with Gasteiger partial charge in [-0.3, -0.25) is 24.3 Å². The molecule has 4 heterocycles. The number of fused-ring (bicyclic) bond motifs is 2. The summed E-state index contributed by atoms with van der Waals surface area (Å²) in [5.41, 5.74) is 3.62. The molecule has 3 aromatic heterocycles. The Labute approximate surface area is 256 Å². The van der Waals surface area contributed by atoms with Gasteiger partial charge in [-0.15, -0.1) is 0 Å². The first kappa shape index (κ1) is 29.8. The summed E-state index contributed by atoms with van der Waals surface area (Å²) in [5, 5.41) is 3.57. The van der Waals surface area contributed by atoms with Crippen molar-refractivity contribution >= 4 is 34.2 Å². The zero-order valence-corrected chi connectivity index (χ0v) is 25.8. The molecule has 0 spiro atoms. The maximum Gasteiger partial charge on any atom is 0.261 e. The molecular formula is C34H39N5O5. The summed E-state index contributed by atoms with van der Waals surface area (Å²) in [5.74, 6) is 0.679. The van der Waals surface area contributed by atoms with Crippen molar-refractivity contribution in [2.75, 3.05) is 30.4 Å². The van der Waals surface area contributed by atoms with Crippen molar-refractivity contribution in [1.29, 1.82) is 0 Å².